The topological polar surface area (TPSA) is 92.3 Å². The number of nitrogens with one attached hydrogen (secondary N) is 2. The Balaban J connectivity index is 1.70. The van der Waals surface area contributed by atoms with Crippen molar-refractivity contribution in [1.82, 2.24) is 0 Å². The van der Waals surface area contributed by atoms with E-state index in [1.54, 1.807) is 0 Å². The van der Waals surface area contributed by atoms with Gasteiger partial charge >= 0.3 is 0 Å². The summed E-state index contributed by atoms with van der Waals surface area (Å²) in [5, 5.41) is 2.46. The molecule has 0 aliphatic carbocycles. The van der Waals surface area contributed by atoms with Crippen LogP contribution in [0, 0.1) is 5.82 Å². The van der Waals surface area contributed by atoms with Crippen molar-refractivity contribution in [3.63, 3.8) is 0 Å². The van der Waals surface area contributed by atoms with Gasteiger partial charge < -0.3 is 5.32 Å². The maximum Gasteiger partial charge on any atom is 0.261 e. The number of ketones is 1. The van der Waals surface area contributed by atoms with E-state index in [-0.39, 0.29) is 27.0 Å². The standard InChI is InChI=1S/C21H16ClFN2O4S/c1-13(26)14-4-9-18(10-5-14)30(28,29)25-16-6-2-15(3-7-16)21(27)24-17-8-11-20(23)19(22)12-17/h2-12,25H,1H3,(H,24,27). The summed E-state index contributed by atoms with van der Waals surface area (Å²) in [6.07, 6.45) is 0. The van der Waals surface area contributed by atoms with Gasteiger partial charge in [-0.1, -0.05) is 23.7 Å². The number of benzene rings is 3. The van der Waals surface area contributed by atoms with E-state index in [1.165, 1.54) is 67.6 Å². The van der Waals surface area contributed by atoms with Crippen molar-refractivity contribution in [1.29, 1.82) is 0 Å². The van der Waals surface area contributed by atoms with Crippen LogP contribution in [0.2, 0.25) is 5.02 Å². The van der Waals surface area contributed by atoms with Crippen molar-refractivity contribution < 1.29 is 22.4 Å². The predicted octanol–water partition coefficient (Wildman–Crippen LogP) is 4.73. The summed E-state index contributed by atoms with van der Waals surface area (Å²) in [5.41, 5.74) is 1.26. The molecule has 0 atom stereocenters. The van der Waals surface area contributed by atoms with E-state index in [1.807, 2.05) is 0 Å². The first-order valence-corrected chi connectivity index (χ1v) is 10.5. The van der Waals surface area contributed by atoms with E-state index in [0.717, 1.165) is 6.07 Å². The highest BCUT2D eigenvalue weighted by molar-refractivity contribution is 7.92. The number of sulfonamides is 1. The van der Waals surface area contributed by atoms with Crippen LogP contribution >= 0.6 is 11.6 Å². The molecule has 3 aromatic rings. The lowest BCUT2D eigenvalue weighted by Crippen LogP contribution is -2.14. The van der Waals surface area contributed by atoms with Gasteiger partial charge in [-0.2, -0.15) is 0 Å². The number of Topliss-reactive ketones (excluding diaryl/α,β-unsaturated/α-hetero) is 1. The Kier molecular flexibility index (Phi) is 6.19. The Bertz CT molecular complexity index is 1210. The average Bonchev–Trinajstić information content (AvgIpc) is 2.71. The molecule has 3 aromatic carbocycles. The number of anilines is 2. The van der Waals surface area contributed by atoms with Crippen LogP contribution in [-0.2, 0) is 10.0 Å². The highest BCUT2D eigenvalue weighted by Crippen LogP contribution is 2.21. The van der Waals surface area contributed by atoms with Gasteiger partial charge in [-0.05, 0) is 61.5 Å². The summed E-state index contributed by atoms with van der Waals surface area (Å²) in [6.45, 7) is 1.39. The second-order valence-electron chi connectivity index (χ2n) is 6.35. The molecule has 0 heterocycles. The summed E-state index contributed by atoms with van der Waals surface area (Å²) in [4.78, 5) is 23.6. The second-order valence-corrected chi connectivity index (χ2v) is 8.44. The van der Waals surface area contributed by atoms with Crippen molar-refractivity contribution in [2.75, 3.05) is 10.0 Å². The molecule has 3 rings (SSSR count). The van der Waals surface area contributed by atoms with Crippen LogP contribution in [0.15, 0.2) is 71.6 Å². The van der Waals surface area contributed by atoms with Gasteiger partial charge in [0.05, 0.1) is 9.92 Å². The normalized spacial score (nSPS) is 11.0. The quantitative estimate of drug-likeness (QED) is 0.535. The molecule has 2 N–H and O–H groups in total. The Morgan fingerprint density at radius 3 is 2.00 bits per heavy atom. The molecule has 0 saturated heterocycles. The molecule has 30 heavy (non-hydrogen) atoms. The van der Waals surface area contributed by atoms with Crippen LogP contribution in [0.1, 0.15) is 27.6 Å². The largest absolute Gasteiger partial charge is 0.322 e. The van der Waals surface area contributed by atoms with Gasteiger partial charge in [0.25, 0.3) is 15.9 Å². The number of carbonyl (C=O) groups excluding carboxylic acids is 2. The van der Waals surface area contributed by atoms with Crippen LogP contribution in [0.5, 0.6) is 0 Å². The van der Waals surface area contributed by atoms with Gasteiger partial charge in [0.1, 0.15) is 5.82 Å². The maximum atomic E-state index is 13.2. The highest BCUT2D eigenvalue weighted by Gasteiger charge is 2.15. The summed E-state index contributed by atoms with van der Waals surface area (Å²) in [7, 11) is -3.86. The lowest BCUT2D eigenvalue weighted by Gasteiger charge is -2.10. The van der Waals surface area contributed by atoms with Gasteiger partial charge in [0.2, 0.25) is 0 Å². The summed E-state index contributed by atoms with van der Waals surface area (Å²) < 4.78 is 40.6. The van der Waals surface area contributed by atoms with Crippen LogP contribution in [-0.4, -0.2) is 20.1 Å². The van der Waals surface area contributed by atoms with Crippen LogP contribution in [0.4, 0.5) is 15.8 Å². The van der Waals surface area contributed by atoms with Gasteiger partial charge in [-0.25, -0.2) is 12.8 Å². The first-order chi connectivity index (χ1) is 14.2. The Hall–Kier alpha value is -3.23. The zero-order valence-electron chi connectivity index (χ0n) is 15.6. The molecule has 0 aliphatic rings. The number of rotatable bonds is 6. The van der Waals surface area contributed by atoms with Crippen LogP contribution in [0.3, 0.4) is 0 Å². The van der Waals surface area contributed by atoms with Crippen molar-refractivity contribution >= 4 is 44.7 Å². The molecule has 0 radical (unpaired) electrons. The first-order valence-electron chi connectivity index (χ1n) is 8.66. The van der Waals surface area contributed by atoms with Gasteiger partial charge in [-0.3, -0.25) is 14.3 Å². The zero-order chi connectivity index (χ0) is 21.9. The zero-order valence-corrected chi connectivity index (χ0v) is 17.2. The van der Waals surface area contributed by atoms with Gasteiger partial charge in [-0.15, -0.1) is 0 Å². The van der Waals surface area contributed by atoms with E-state index >= 15 is 0 Å². The van der Waals surface area contributed by atoms with Gasteiger partial charge in [0, 0.05) is 22.5 Å². The van der Waals surface area contributed by atoms with Crippen molar-refractivity contribution in [3.05, 3.63) is 88.7 Å². The fourth-order valence-corrected chi connectivity index (χ4v) is 3.79. The fourth-order valence-electron chi connectivity index (χ4n) is 2.55. The van der Waals surface area contributed by atoms with Gasteiger partial charge in [0.15, 0.2) is 5.78 Å². The van der Waals surface area contributed by atoms with E-state index in [4.69, 9.17) is 11.6 Å². The maximum absolute atomic E-state index is 13.2. The molecule has 0 saturated carbocycles. The van der Waals surface area contributed by atoms with Crippen molar-refractivity contribution in [3.8, 4) is 0 Å². The molecule has 0 fully saturated rings. The fraction of sp³-hybridized carbons (Fsp3) is 0.0476. The minimum atomic E-state index is -3.86. The Morgan fingerprint density at radius 1 is 0.867 bits per heavy atom. The molecule has 0 spiro atoms. The lowest BCUT2D eigenvalue weighted by molar-refractivity contribution is 0.101. The average molecular weight is 447 g/mol. The van der Waals surface area contributed by atoms with Crippen LogP contribution < -0.4 is 10.0 Å². The third-order valence-electron chi connectivity index (χ3n) is 4.15. The molecule has 0 bridgehead atoms. The third-order valence-corrected chi connectivity index (χ3v) is 5.83. The molecule has 0 aromatic heterocycles. The van der Waals surface area contributed by atoms with Crippen molar-refractivity contribution in [2.24, 2.45) is 0 Å². The summed E-state index contributed by atoms with van der Waals surface area (Å²) in [5.74, 6) is -1.22. The first kappa shape index (κ1) is 21.5. The molecule has 154 valence electrons. The highest BCUT2D eigenvalue weighted by atomic mass is 35.5. The number of hydrogen-bond acceptors (Lipinski definition) is 4. The molecule has 0 unspecified atom stereocenters. The predicted molar refractivity (Wildman–Crippen MR) is 113 cm³/mol. The molecule has 0 aliphatic heterocycles. The van der Waals surface area contributed by atoms with E-state index < -0.39 is 21.7 Å². The minimum absolute atomic E-state index is 0.00232. The van der Waals surface area contributed by atoms with E-state index in [9.17, 15) is 22.4 Å². The molecule has 6 nitrogen and oxygen atoms in total. The number of carbonyl (C=O) groups is 2. The second kappa shape index (κ2) is 8.64. The molecule has 1 amide bonds. The smallest absolute Gasteiger partial charge is 0.261 e. The molecular weight excluding hydrogens is 431 g/mol. The molecular formula is C21H16ClFN2O4S. The molecule has 9 heteroatoms. The number of halogens is 2. The number of amides is 1. The van der Waals surface area contributed by atoms with E-state index in [0.29, 0.717) is 11.3 Å². The van der Waals surface area contributed by atoms with E-state index in [2.05, 4.69) is 10.0 Å². The SMILES string of the molecule is CC(=O)c1ccc(S(=O)(=O)Nc2ccc(C(=O)Nc3ccc(F)c(Cl)c3)cc2)cc1. The minimum Gasteiger partial charge on any atom is -0.322 e. The summed E-state index contributed by atoms with van der Waals surface area (Å²) >= 11 is 5.69. The monoisotopic (exact) mass is 446 g/mol. The third kappa shape index (κ3) is 5.03. The Labute approximate surface area is 177 Å². The number of hydrogen-bond donors (Lipinski definition) is 2. The van der Waals surface area contributed by atoms with Crippen LogP contribution in [0.25, 0.3) is 0 Å². The summed E-state index contributed by atoms with van der Waals surface area (Å²) in [6, 6.07) is 15.1. The Morgan fingerprint density at radius 2 is 1.43 bits per heavy atom. The van der Waals surface area contributed by atoms with Crippen molar-refractivity contribution in [2.45, 2.75) is 11.8 Å². The lowest BCUT2D eigenvalue weighted by atomic mass is 10.2.